The van der Waals surface area contributed by atoms with Crippen LogP contribution in [-0.2, 0) is 4.79 Å². The van der Waals surface area contributed by atoms with Crippen LogP contribution < -0.4 is 0 Å². The fourth-order valence-corrected chi connectivity index (χ4v) is 7.80. The van der Waals surface area contributed by atoms with Gasteiger partial charge in [-0.15, -0.1) is 0 Å². The van der Waals surface area contributed by atoms with E-state index in [1.807, 2.05) is 12.1 Å². The number of carbonyl (C=O) groups excluding carboxylic acids is 1. The minimum absolute atomic E-state index is 0.0549. The molecule has 1 aromatic heterocycles. The van der Waals surface area contributed by atoms with Crippen molar-refractivity contribution in [1.82, 2.24) is 4.90 Å². The smallest absolute Gasteiger partial charge is 0.229 e. The van der Waals surface area contributed by atoms with E-state index >= 15 is 0 Å². The first-order valence-corrected chi connectivity index (χ1v) is 10.3. The first-order chi connectivity index (χ1) is 11.5. The first-order valence-electron chi connectivity index (χ1n) is 9.53. The normalized spacial score (nSPS) is 41.4. The summed E-state index contributed by atoms with van der Waals surface area (Å²) in [7, 11) is 0. The van der Waals surface area contributed by atoms with Gasteiger partial charge in [0.05, 0.1) is 17.7 Å². The molecular formula is C20H26BrNO2. The number of hydrogen-bond donors (Lipinski definition) is 0. The van der Waals surface area contributed by atoms with Crippen molar-refractivity contribution < 1.29 is 9.21 Å². The number of amides is 1. The van der Waals surface area contributed by atoms with Crippen molar-refractivity contribution >= 4 is 21.8 Å². The molecule has 4 heteroatoms. The van der Waals surface area contributed by atoms with Crippen LogP contribution in [0.3, 0.4) is 0 Å². The third-order valence-corrected chi connectivity index (χ3v) is 7.92. The van der Waals surface area contributed by atoms with Gasteiger partial charge in [-0.05, 0) is 82.3 Å². The molecule has 1 amide bonds. The summed E-state index contributed by atoms with van der Waals surface area (Å²) in [4.78, 5) is 16.0. The first kappa shape index (κ1) is 15.5. The fraction of sp³-hybridized carbons (Fsp3) is 0.750. The summed E-state index contributed by atoms with van der Waals surface area (Å²) in [6.07, 6.45) is 11.2. The highest BCUT2D eigenvalue weighted by Gasteiger charge is 2.61. The number of nitrogens with zero attached hydrogens (tertiary/aromatic N) is 1. The van der Waals surface area contributed by atoms with Crippen LogP contribution in [0.25, 0.3) is 0 Å². The zero-order valence-electron chi connectivity index (χ0n) is 14.3. The Balaban J connectivity index is 1.47. The van der Waals surface area contributed by atoms with Gasteiger partial charge >= 0.3 is 0 Å². The minimum atomic E-state index is -0.114. The molecular weight excluding hydrogens is 366 g/mol. The highest BCUT2D eigenvalue weighted by molar-refractivity contribution is 9.10. The predicted octanol–water partition coefficient (Wildman–Crippen LogP) is 5.07. The average Bonchev–Trinajstić information content (AvgIpc) is 3.17. The molecule has 1 heterocycles. The van der Waals surface area contributed by atoms with Gasteiger partial charge in [0.2, 0.25) is 5.91 Å². The number of alkyl halides is 1. The van der Waals surface area contributed by atoms with Crippen molar-refractivity contribution in [2.45, 2.75) is 74.7 Å². The topological polar surface area (TPSA) is 33.5 Å². The van der Waals surface area contributed by atoms with E-state index < -0.39 is 0 Å². The van der Waals surface area contributed by atoms with Crippen LogP contribution in [0.1, 0.15) is 70.1 Å². The van der Waals surface area contributed by atoms with Gasteiger partial charge in [-0.2, -0.15) is 0 Å². The largest absolute Gasteiger partial charge is 0.467 e. The summed E-state index contributed by atoms with van der Waals surface area (Å²) in [5.41, 5.74) is -0.114. The summed E-state index contributed by atoms with van der Waals surface area (Å²) < 4.78 is 5.87. The highest BCUT2D eigenvalue weighted by Crippen LogP contribution is 2.65. The van der Waals surface area contributed by atoms with Crippen molar-refractivity contribution in [2.24, 2.45) is 17.3 Å². The molecule has 130 valence electrons. The van der Waals surface area contributed by atoms with E-state index in [0.29, 0.717) is 11.9 Å². The number of furan rings is 1. The van der Waals surface area contributed by atoms with Crippen LogP contribution in [-0.4, -0.2) is 21.2 Å². The van der Waals surface area contributed by atoms with E-state index in [-0.39, 0.29) is 15.8 Å². The maximum Gasteiger partial charge on any atom is 0.229 e. The fourth-order valence-electron chi connectivity index (χ4n) is 6.35. The van der Waals surface area contributed by atoms with Gasteiger partial charge in [0.25, 0.3) is 0 Å². The van der Waals surface area contributed by atoms with Crippen molar-refractivity contribution in [3.63, 3.8) is 0 Å². The molecule has 0 radical (unpaired) electrons. The summed E-state index contributed by atoms with van der Waals surface area (Å²) >= 11 is 4.05. The van der Waals surface area contributed by atoms with Gasteiger partial charge in [-0.3, -0.25) is 4.79 Å². The molecule has 0 aromatic carbocycles. The molecule has 0 N–H and O–H groups in total. The molecule has 0 spiro atoms. The van der Waals surface area contributed by atoms with Crippen molar-refractivity contribution in [3.8, 4) is 0 Å². The van der Waals surface area contributed by atoms with Crippen LogP contribution in [0, 0.1) is 17.3 Å². The second-order valence-electron chi connectivity index (χ2n) is 9.03. The quantitative estimate of drug-likeness (QED) is 0.671. The average molecular weight is 392 g/mol. The molecule has 5 saturated carbocycles. The van der Waals surface area contributed by atoms with Gasteiger partial charge < -0.3 is 9.32 Å². The van der Waals surface area contributed by atoms with Crippen LogP contribution in [0.15, 0.2) is 22.8 Å². The zero-order chi connectivity index (χ0) is 16.5. The standard InChI is InChI=1S/C20H26BrNO2/c1-13(17-3-2-6-24-17)22(16-4-5-16)18(23)19-8-14-7-15(9-19)11-20(21,10-14)12-19/h2-3,6,13-16H,4-5,7-12H2,1H3. The van der Waals surface area contributed by atoms with Gasteiger partial charge in [0, 0.05) is 10.4 Å². The van der Waals surface area contributed by atoms with E-state index in [1.165, 1.54) is 19.3 Å². The lowest BCUT2D eigenvalue weighted by Gasteiger charge is -2.60. The van der Waals surface area contributed by atoms with Crippen molar-refractivity contribution in [2.75, 3.05) is 0 Å². The maximum absolute atomic E-state index is 13.8. The van der Waals surface area contributed by atoms with Crippen LogP contribution in [0.4, 0.5) is 0 Å². The Morgan fingerprint density at radius 2 is 2.00 bits per heavy atom. The highest BCUT2D eigenvalue weighted by atomic mass is 79.9. The molecule has 24 heavy (non-hydrogen) atoms. The van der Waals surface area contributed by atoms with E-state index in [0.717, 1.165) is 49.7 Å². The number of hydrogen-bond acceptors (Lipinski definition) is 2. The number of rotatable bonds is 4. The van der Waals surface area contributed by atoms with E-state index in [9.17, 15) is 4.79 Å². The molecule has 3 nitrogen and oxygen atoms in total. The molecule has 5 fully saturated rings. The van der Waals surface area contributed by atoms with Gasteiger partial charge in [0.1, 0.15) is 5.76 Å². The van der Waals surface area contributed by atoms with Crippen LogP contribution in [0.5, 0.6) is 0 Å². The summed E-state index contributed by atoms with van der Waals surface area (Å²) in [5, 5.41) is 0. The molecule has 6 rings (SSSR count). The van der Waals surface area contributed by atoms with Crippen LogP contribution in [0.2, 0.25) is 0 Å². The zero-order valence-corrected chi connectivity index (χ0v) is 15.9. The maximum atomic E-state index is 13.8. The molecule has 3 atom stereocenters. The van der Waals surface area contributed by atoms with Gasteiger partial charge in [-0.1, -0.05) is 15.9 Å². The van der Waals surface area contributed by atoms with Crippen molar-refractivity contribution in [3.05, 3.63) is 24.2 Å². The van der Waals surface area contributed by atoms with E-state index in [1.54, 1.807) is 6.26 Å². The Hall–Kier alpha value is -0.770. The van der Waals surface area contributed by atoms with E-state index in [4.69, 9.17) is 4.42 Å². The lowest BCUT2D eigenvalue weighted by molar-refractivity contribution is -0.159. The second kappa shape index (κ2) is 5.12. The Kier molecular flexibility index (Phi) is 3.30. The third-order valence-electron chi connectivity index (χ3n) is 6.99. The molecule has 1 aromatic rings. The molecule has 0 aliphatic heterocycles. The molecule has 4 bridgehead atoms. The SMILES string of the molecule is CC(c1ccco1)N(C(=O)C12CC3CC(CC(Br)(C3)C1)C2)C1CC1. The van der Waals surface area contributed by atoms with Gasteiger partial charge in [-0.25, -0.2) is 0 Å². The lowest BCUT2D eigenvalue weighted by atomic mass is 9.49. The van der Waals surface area contributed by atoms with Gasteiger partial charge in [0.15, 0.2) is 0 Å². The molecule has 5 aliphatic carbocycles. The second-order valence-corrected chi connectivity index (χ2v) is 10.7. The Labute approximate surface area is 152 Å². The predicted molar refractivity (Wildman–Crippen MR) is 95.8 cm³/mol. The summed E-state index contributed by atoms with van der Waals surface area (Å²) in [6, 6.07) is 4.43. The third kappa shape index (κ3) is 2.32. The summed E-state index contributed by atoms with van der Waals surface area (Å²) in [6.45, 7) is 2.14. The minimum Gasteiger partial charge on any atom is -0.467 e. The van der Waals surface area contributed by atoms with Crippen LogP contribution >= 0.6 is 15.9 Å². The Morgan fingerprint density at radius 1 is 1.29 bits per heavy atom. The Bertz CT molecular complexity index is 637. The molecule has 3 unspecified atom stereocenters. The lowest BCUT2D eigenvalue weighted by Crippen LogP contribution is -2.59. The number of carbonyl (C=O) groups is 1. The monoisotopic (exact) mass is 391 g/mol. The summed E-state index contributed by atoms with van der Waals surface area (Å²) in [5.74, 6) is 2.84. The molecule has 0 saturated heterocycles. The molecule has 5 aliphatic rings. The van der Waals surface area contributed by atoms with E-state index in [2.05, 4.69) is 27.8 Å². The van der Waals surface area contributed by atoms with Crippen molar-refractivity contribution in [1.29, 1.82) is 0 Å². The number of halogens is 1. The Morgan fingerprint density at radius 3 is 2.54 bits per heavy atom.